The Labute approximate surface area is 126 Å². The monoisotopic (exact) mass is 346 g/mol. The Morgan fingerprint density at radius 2 is 2.21 bits per heavy atom. The van der Waals surface area contributed by atoms with Crippen LogP contribution in [0.25, 0.3) is 0 Å². The van der Waals surface area contributed by atoms with Crippen molar-refractivity contribution in [1.82, 2.24) is 0 Å². The molecule has 0 N–H and O–H groups in total. The predicted molar refractivity (Wildman–Crippen MR) is 78.0 cm³/mol. The number of halogens is 3. The Balaban J connectivity index is 1.87. The molecule has 1 aromatic rings. The van der Waals surface area contributed by atoms with E-state index in [1.54, 1.807) is 6.07 Å². The summed E-state index contributed by atoms with van der Waals surface area (Å²) >= 11 is 9.67. The van der Waals surface area contributed by atoms with Gasteiger partial charge < -0.3 is 4.74 Å². The Hall–Kier alpha value is -0.120. The van der Waals surface area contributed by atoms with Crippen LogP contribution in [0.1, 0.15) is 24.8 Å². The second-order valence-electron chi connectivity index (χ2n) is 5.79. The molecule has 0 bridgehead atoms. The number of benzene rings is 1. The van der Waals surface area contributed by atoms with E-state index < -0.39 is 0 Å². The molecule has 1 nitrogen and oxygen atoms in total. The first-order chi connectivity index (χ1) is 9.14. The molecule has 2 fully saturated rings. The highest BCUT2D eigenvalue weighted by atomic mass is 79.9. The van der Waals surface area contributed by atoms with Crippen LogP contribution < -0.4 is 0 Å². The quantitative estimate of drug-likeness (QED) is 0.726. The highest BCUT2D eigenvalue weighted by Crippen LogP contribution is 2.50. The molecule has 104 valence electrons. The number of hydrogen-bond donors (Lipinski definition) is 0. The summed E-state index contributed by atoms with van der Waals surface area (Å²) in [5.41, 5.74) is 0.649. The van der Waals surface area contributed by atoms with Crippen molar-refractivity contribution in [2.75, 3.05) is 12.5 Å². The average molecular weight is 348 g/mol. The van der Waals surface area contributed by atoms with Crippen LogP contribution in [-0.4, -0.2) is 18.6 Å². The van der Waals surface area contributed by atoms with Gasteiger partial charge in [0.05, 0.1) is 6.10 Å². The zero-order valence-corrected chi connectivity index (χ0v) is 13.0. The predicted octanol–water partition coefficient (Wildman–Crippen LogP) is 4.55. The van der Waals surface area contributed by atoms with Crippen LogP contribution in [0.4, 0.5) is 4.39 Å². The second-order valence-corrected chi connectivity index (χ2v) is 6.97. The minimum Gasteiger partial charge on any atom is -0.377 e. The summed E-state index contributed by atoms with van der Waals surface area (Å²) in [6.45, 7) is 0.753. The van der Waals surface area contributed by atoms with Gasteiger partial charge in [-0.05, 0) is 55.4 Å². The van der Waals surface area contributed by atoms with E-state index >= 15 is 0 Å². The maximum atomic E-state index is 14.0. The fourth-order valence-electron chi connectivity index (χ4n) is 3.18. The third-order valence-electron chi connectivity index (χ3n) is 4.37. The maximum Gasteiger partial charge on any atom is 0.126 e. The van der Waals surface area contributed by atoms with Gasteiger partial charge in [-0.15, -0.1) is 11.6 Å². The molecular weight excluding hydrogens is 331 g/mol. The molecule has 2 aliphatic rings. The lowest BCUT2D eigenvalue weighted by Crippen LogP contribution is -2.37. The number of hydrogen-bond acceptors (Lipinski definition) is 1. The van der Waals surface area contributed by atoms with Crippen molar-refractivity contribution < 1.29 is 9.13 Å². The zero-order chi connectivity index (χ0) is 13.5. The molecule has 1 aromatic carbocycles. The van der Waals surface area contributed by atoms with E-state index in [-0.39, 0.29) is 17.3 Å². The smallest absolute Gasteiger partial charge is 0.126 e. The third kappa shape index (κ3) is 2.70. The summed E-state index contributed by atoms with van der Waals surface area (Å²) < 4.78 is 20.8. The Kier molecular flexibility index (Phi) is 3.89. The lowest BCUT2D eigenvalue weighted by atomic mass is 9.75. The molecule has 1 saturated carbocycles. The molecule has 2 unspecified atom stereocenters. The Morgan fingerprint density at radius 1 is 1.42 bits per heavy atom. The molecule has 3 rings (SSSR count). The van der Waals surface area contributed by atoms with Crippen LogP contribution in [0, 0.1) is 17.2 Å². The van der Waals surface area contributed by atoms with Gasteiger partial charge in [-0.2, -0.15) is 0 Å². The Morgan fingerprint density at radius 3 is 2.89 bits per heavy atom. The van der Waals surface area contributed by atoms with Crippen LogP contribution in [0.5, 0.6) is 0 Å². The van der Waals surface area contributed by atoms with E-state index in [0.29, 0.717) is 18.2 Å². The normalized spacial score (nSPS) is 30.8. The molecule has 0 aromatic heterocycles. The fraction of sp³-hybridized carbons (Fsp3) is 0.600. The van der Waals surface area contributed by atoms with Crippen LogP contribution in [-0.2, 0) is 11.2 Å². The first-order valence-corrected chi connectivity index (χ1v) is 8.09. The van der Waals surface area contributed by atoms with Crippen LogP contribution in [0.2, 0.25) is 0 Å². The van der Waals surface area contributed by atoms with E-state index in [2.05, 4.69) is 15.9 Å². The van der Waals surface area contributed by atoms with Crippen molar-refractivity contribution in [3.63, 3.8) is 0 Å². The molecule has 1 heterocycles. The third-order valence-corrected chi connectivity index (χ3v) is 5.39. The summed E-state index contributed by atoms with van der Waals surface area (Å²) in [6.07, 6.45) is 4.27. The molecule has 4 heteroatoms. The van der Waals surface area contributed by atoms with E-state index in [1.165, 1.54) is 18.9 Å². The minimum absolute atomic E-state index is 0.0929. The lowest BCUT2D eigenvalue weighted by molar-refractivity contribution is 0.0400. The first-order valence-electron chi connectivity index (χ1n) is 6.76. The second kappa shape index (κ2) is 5.34. The fourth-order valence-corrected chi connectivity index (χ4v) is 3.97. The highest BCUT2D eigenvalue weighted by molar-refractivity contribution is 9.10. The van der Waals surface area contributed by atoms with Crippen molar-refractivity contribution >= 4 is 27.5 Å². The van der Waals surface area contributed by atoms with Crippen LogP contribution in [0.15, 0.2) is 22.7 Å². The molecule has 0 radical (unpaired) electrons. The maximum absolute atomic E-state index is 14.0. The Bertz CT molecular complexity index is 477. The topological polar surface area (TPSA) is 9.23 Å². The van der Waals surface area contributed by atoms with Gasteiger partial charge in [-0.1, -0.05) is 15.9 Å². The van der Waals surface area contributed by atoms with E-state index in [4.69, 9.17) is 16.3 Å². The van der Waals surface area contributed by atoms with Crippen LogP contribution >= 0.6 is 27.5 Å². The van der Waals surface area contributed by atoms with Gasteiger partial charge in [-0.3, -0.25) is 0 Å². The summed E-state index contributed by atoms with van der Waals surface area (Å²) in [6, 6.07) is 5.12. The summed E-state index contributed by atoms with van der Waals surface area (Å²) in [5.74, 6) is 1.03. The van der Waals surface area contributed by atoms with Crippen molar-refractivity contribution in [3.8, 4) is 0 Å². The molecule has 0 amide bonds. The molecule has 0 spiro atoms. The van der Waals surface area contributed by atoms with E-state index in [1.807, 2.05) is 6.07 Å². The van der Waals surface area contributed by atoms with Gasteiger partial charge in [0.15, 0.2) is 0 Å². The highest BCUT2D eigenvalue weighted by Gasteiger charge is 2.50. The van der Waals surface area contributed by atoms with Crippen LogP contribution in [0.3, 0.4) is 0 Å². The van der Waals surface area contributed by atoms with Gasteiger partial charge in [0, 0.05) is 22.4 Å². The van der Waals surface area contributed by atoms with Crippen molar-refractivity contribution in [2.24, 2.45) is 11.3 Å². The zero-order valence-electron chi connectivity index (χ0n) is 10.7. The van der Waals surface area contributed by atoms with Crippen molar-refractivity contribution in [1.29, 1.82) is 0 Å². The summed E-state index contributed by atoms with van der Waals surface area (Å²) in [7, 11) is 0. The van der Waals surface area contributed by atoms with E-state index in [0.717, 1.165) is 23.1 Å². The minimum atomic E-state index is -0.144. The van der Waals surface area contributed by atoms with Gasteiger partial charge in [0.25, 0.3) is 0 Å². The molecule has 1 aliphatic heterocycles. The summed E-state index contributed by atoms with van der Waals surface area (Å²) in [4.78, 5) is 0. The van der Waals surface area contributed by atoms with Crippen molar-refractivity contribution in [2.45, 2.75) is 31.8 Å². The van der Waals surface area contributed by atoms with Gasteiger partial charge in [0.1, 0.15) is 5.82 Å². The molecule has 1 aliphatic carbocycles. The standard InChI is InChI=1S/C15H17BrClFO/c16-12-3-4-13(18)11(7-12)8-15(9-17)5-6-19-14(15)10-1-2-10/h3-4,7,10,14H,1-2,5-6,8-9H2. The number of rotatable bonds is 4. The molecular formula is C15H17BrClFO. The number of alkyl halides is 1. The van der Waals surface area contributed by atoms with Gasteiger partial charge in [0.2, 0.25) is 0 Å². The molecule has 19 heavy (non-hydrogen) atoms. The van der Waals surface area contributed by atoms with Gasteiger partial charge >= 0.3 is 0 Å². The van der Waals surface area contributed by atoms with Gasteiger partial charge in [-0.25, -0.2) is 4.39 Å². The largest absolute Gasteiger partial charge is 0.377 e. The summed E-state index contributed by atoms with van der Waals surface area (Å²) in [5, 5.41) is 0. The lowest BCUT2D eigenvalue weighted by Gasteiger charge is -2.32. The SMILES string of the molecule is Fc1ccc(Br)cc1CC1(CCl)CCOC1C1CC1. The number of ether oxygens (including phenoxy) is 1. The molecule has 2 atom stereocenters. The first kappa shape index (κ1) is 13.8. The van der Waals surface area contributed by atoms with E-state index in [9.17, 15) is 4.39 Å². The molecule has 1 saturated heterocycles. The van der Waals surface area contributed by atoms with Crippen molar-refractivity contribution in [3.05, 3.63) is 34.1 Å². The average Bonchev–Trinajstić information content (AvgIpc) is 3.16.